The van der Waals surface area contributed by atoms with E-state index in [9.17, 15) is 8.42 Å². The van der Waals surface area contributed by atoms with Gasteiger partial charge in [-0.2, -0.15) is 4.98 Å². The number of hydrogen-bond acceptors (Lipinski definition) is 8. The zero-order chi connectivity index (χ0) is 15.0. The Kier molecular flexibility index (Phi) is 3.85. The normalized spacial score (nSPS) is 12.6. The summed E-state index contributed by atoms with van der Waals surface area (Å²) in [5.41, 5.74) is 2.40. The van der Waals surface area contributed by atoms with E-state index >= 15 is 0 Å². The number of fused-ring (bicyclic) bond motifs is 1. The van der Waals surface area contributed by atoms with E-state index in [0.29, 0.717) is 11.8 Å². The van der Waals surface area contributed by atoms with E-state index in [1.165, 1.54) is 17.6 Å². The summed E-state index contributed by atoms with van der Waals surface area (Å²) in [6.45, 7) is 3.59. The first-order valence-corrected chi connectivity index (χ1v) is 8.67. The second-order valence-electron chi connectivity index (χ2n) is 5.06. The number of aromatic nitrogens is 2. The van der Waals surface area contributed by atoms with Crippen molar-refractivity contribution in [1.29, 1.82) is 0 Å². The summed E-state index contributed by atoms with van der Waals surface area (Å²) >= 11 is 1.47. The molecule has 0 amide bonds. The van der Waals surface area contributed by atoms with Crippen molar-refractivity contribution in [3.63, 3.8) is 0 Å². The Bertz CT molecular complexity index is 723. The predicted octanol–water partition coefficient (Wildman–Crippen LogP) is 1.21. The molecule has 0 spiro atoms. The monoisotopic (exact) mass is 315 g/mol. The van der Waals surface area contributed by atoms with Crippen LogP contribution in [0, 0.1) is 0 Å². The fourth-order valence-corrected chi connectivity index (χ4v) is 2.58. The average molecular weight is 315 g/mol. The SMILES string of the molecule is CC(C)(CNc1nc(NN)nc2sccc12)S(C)(=O)=O. The number of thiophene rings is 1. The maximum Gasteiger partial charge on any atom is 0.240 e. The zero-order valence-electron chi connectivity index (χ0n) is 11.5. The van der Waals surface area contributed by atoms with Gasteiger partial charge in [0.2, 0.25) is 5.95 Å². The van der Waals surface area contributed by atoms with E-state index < -0.39 is 14.6 Å². The summed E-state index contributed by atoms with van der Waals surface area (Å²) in [5.74, 6) is 6.20. The molecule has 0 atom stereocenters. The van der Waals surface area contributed by atoms with Crippen LogP contribution in [0.4, 0.5) is 11.8 Å². The number of anilines is 2. The smallest absolute Gasteiger partial charge is 0.240 e. The Hall–Kier alpha value is -1.45. The quantitative estimate of drug-likeness (QED) is 0.562. The molecule has 2 rings (SSSR count). The second-order valence-corrected chi connectivity index (χ2v) is 8.61. The van der Waals surface area contributed by atoms with Crippen molar-refractivity contribution in [1.82, 2.24) is 9.97 Å². The molecule has 20 heavy (non-hydrogen) atoms. The largest absolute Gasteiger partial charge is 0.368 e. The molecule has 7 nitrogen and oxygen atoms in total. The van der Waals surface area contributed by atoms with Crippen molar-refractivity contribution in [2.75, 3.05) is 23.5 Å². The molecule has 0 aliphatic rings. The molecule has 2 heterocycles. The van der Waals surface area contributed by atoms with E-state index in [0.717, 1.165) is 10.2 Å². The third-order valence-corrected chi connectivity index (χ3v) is 6.10. The van der Waals surface area contributed by atoms with Crippen molar-refractivity contribution in [2.45, 2.75) is 18.6 Å². The van der Waals surface area contributed by atoms with Gasteiger partial charge < -0.3 is 5.32 Å². The molecule has 2 aromatic rings. The molecule has 110 valence electrons. The van der Waals surface area contributed by atoms with E-state index in [4.69, 9.17) is 5.84 Å². The average Bonchev–Trinajstić information content (AvgIpc) is 2.82. The van der Waals surface area contributed by atoms with E-state index in [-0.39, 0.29) is 6.54 Å². The van der Waals surface area contributed by atoms with Gasteiger partial charge in [-0.15, -0.1) is 11.3 Å². The maximum atomic E-state index is 11.7. The highest BCUT2D eigenvalue weighted by Gasteiger charge is 2.30. The van der Waals surface area contributed by atoms with E-state index in [1.54, 1.807) is 13.8 Å². The molecule has 0 fully saturated rings. The molecule has 0 aliphatic heterocycles. The lowest BCUT2D eigenvalue weighted by atomic mass is 10.2. The van der Waals surface area contributed by atoms with Crippen LogP contribution in [0.15, 0.2) is 11.4 Å². The van der Waals surface area contributed by atoms with Crippen LogP contribution >= 0.6 is 11.3 Å². The minimum Gasteiger partial charge on any atom is -0.368 e. The lowest BCUT2D eigenvalue weighted by Gasteiger charge is -2.23. The van der Waals surface area contributed by atoms with Crippen LogP contribution < -0.4 is 16.6 Å². The fraction of sp³-hybridized carbons (Fsp3) is 0.455. The molecule has 0 bridgehead atoms. The minimum atomic E-state index is -3.17. The summed E-state index contributed by atoms with van der Waals surface area (Å²) in [6, 6.07) is 1.88. The van der Waals surface area contributed by atoms with Gasteiger partial charge in [-0.25, -0.2) is 19.2 Å². The molecule has 0 saturated carbocycles. The lowest BCUT2D eigenvalue weighted by Crippen LogP contribution is -2.38. The molecular formula is C11H17N5O2S2. The molecule has 9 heteroatoms. The van der Waals surface area contributed by atoms with Gasteiger partial charge in [0.05, 0.1) is 10.1 Å². The van der Waals surface area contributed by atoms with Crippen LogP contribution in [0.25, 0.3) is 10.2 Å². The van der Waals surface area contributed by atoms with E-state index in [1.807, 2.05) is 11.4 Å². The number of hydrogen-bond donors (Lipinski definition) is 3. The summed E-state index contributed by atoms with van der Waals surface area (Å²) in [7, 11) is -3.17. The van der Waals surface area contributed by atoms with Gasteiger partial charge in [-0.1, -0.05) is 0 Å². The Labute approximate surface area is 121 Å². The third-order valence-electron chi connectivity index (χ3n) is 3.14. The number of nitrogens with one attached hydrogen (secondary N) is 2. The van der Waals surface area contributed by atoms with Gasteiger partial charge in [-0.05, 0) is 25.3 Å². The molecule has 2 aromatic heterocycles. The van der Waals surface area contributed by atoms with Crippen LogP contribution in [0.2, 0.25) is 0 Å². The molecule has 0 radical (unpaired) electrons. The Balaban J connectivity index is 2.32. The molecule has 4 N–H and O–H groups in total. The summed E-state index contributed by atoms with van der Waals surface area (Å²) < 4.78 is 22.5. The number of nitrogen functional groups attached to an aromatic ring is 1. The number of nitrogens with zero attached hydrogens (tertiary/aromatic N) is 2. The van der Waals surface area contributed by atoms with Crippen LogP contribution in [-0.2, 0) is 9.84 Å². The van der Waals surface area contributed by atoms with Gasteiger partial charge in [0, 0.05) is 12.8 Å². The summed E-state index contributed by atoms with van der Waals surface area (Å²) in [4.78, 5) is 9.24. The van der Waals surface area contributed by atoms with Crippen molar-refractivity contribution in [2.24, 2.45) is 5.84 Å². The number of hydrazine groups is 1. The van der Waals surface area contributed by atoms with Gasteiger partial charge in [0.1, 0.15) is 10.6 Å². The highest BCUT2D eigenvalue weighted by molar-refractivity contribution is 7.92. The number of nitrogens with two attached hydrogens (primary N) is 1. The third kappa shape index (κ3) is 2.84. The minimum absolute atomic E-state index is 0.248. The first-order chi connectivity index (χ1) is 9.24. The standard InChI is InChI=1S/C11H17N5O2S2/c1-11(2,20(3,17)18)6-13-8-7-4-5-19-9(7)15-10(14-8)16-12/h4-5H,6,12H2,1-3H3,(H2,13,14,15,16). The van der Waals surface area contributed by atoms with Gasteiger partial charge in [-0.3, -0.25) is 5.43 Å². The van der Waals surface area contributed by atoms with Gasteiger partial charge >= 0.3 is 0 Å². The van der Waals surface area contributed by atoms with Crippen LogP contribution in [0.3, 0.4) is 0 Å². The second kappa shape index (κ2) is 5.15. The molecule has 0 aliphatic carbocycles. The van der Waals surface area contributed by atoms with Crippen LogP contribution in [0.1, 0.15) is 13.8 Å². The van der Waals surface area contributed by atoms with Crippen molar-refractivity contribution >= 4 is 43.2 Å². The fourth-order valence-electron chi connectivity index (χ4n) is 1.48. The van der Waals surface area contributed by atoms with Gasteiger partial charge in [0.15, 0.2) is 9.84 Å². The topological polar surface area (TPSA) is 110 Å². The number of sulfone groups is 1. The lowest BCUT2D eigenvalue weighted by molar-refractivity contribution is 0.559. The van der Waals surface area contributed by atoms with E-state index in [2.05, 4.69) is 20.7 Å². The Morgan fingerprint density at radius 2 is 2.10 bits per heavy atom. The maximum absolute atomic E-state index is 11.7. The number of rotatable bonds is 5. The first-order valence-electron chi connectivity index (χ1n) is 5.90. The highest BCUT2D eigenvalue weighted by Crippen LogP contribution is 2.27. The summed E-state index contributed by atoms with van der Waals surface area (Å²) in [6.07, 6.45) is 1.22. The van der Waals surface area contributed by atoms with Gasteiger partial charge in [0.25, 0.3) is 0 Å². The Morgan fingerprint density at radius 1 is 1.40 bits per heavy atom. The predicted molar refractivity (Wildman–Crippen MR) is 82.6 cm³/mol. The van der Waals surface area contributed by atoms with Crippen LogP contribution in [-0.4, -0.2) is 35.9 Å². The van der Waals surface area contributed by atoms with Crippen molar-refractivity contribution in [3.8, 4) is 0 Å². The molecule has 0 saturated heterocycles. The molecule has 0 aromatic carbocycles. The Morgan fingerprint density at radius 3 is 2.70 bits per heavy atom. The molecule has 0 unspecified atom stereocenters. The first kappa shape index (κ1) is 14.9. The van der Waals surface area contributed by atoms with Crippen LogP contribution in [0.5, 0.6) is 0 Å². The highest BCUT2D eigenvalue weighted by atomic mass is 32.2. The van der Waals surface area contributed by atoms with Crippen molar-refractivity contribution in [3.05, 3.63) is 11.4 Å². The summed E-state index contributed by atoms with van der Waals surface area (Å²) in [5, 5.41) is 5.82. The molecular weight excluding hydrogens is 298 g/mol. The van der Waals surface area contributed by atoms with Crippen molar-refractivity contribution < 1.29 is 8.42 Å². The zero-order valence-corrected chi connectivity index (χ0v) is 13.1.